The van der Waals surface area contributed by atoms with E-state index in [-0.39, 0.29) is 50.0 Å². The van der Waals surface area contributed by atoms with Gasteiger partial charge in [-0.25, -0.2) is 0 Å². The summed E-state index contributed by atoms with van der Waals surface area (Å²) in [4.78, 5) is 5.57. The van der Waals surface area contributed by atoms with Gasteiger partial charge in [0.1, 0.15) is 0 Å². The summed E-state index contributed by atoms with van der Waals surface area (Å²) in [7, 11) is -1.55. The van der Waals surface area contributed by atoms with E-state index in [0.29, 0.717) is 0 Å². The van der Waals surface area contributed by atoms with E-state index in [1.54, 1.807) is 11.1 Å². The SMILES string of the molecule is CC(C)(C)c1ccc(N2c3cc4c(cc3B3c5c2cc(C(C)(C)C)cc5N(c2ccc5c(c2)C(C)(C)CCC5(C)C)c2sc5cc6c(cc5c23)C(C)(C)CCC6(C)C)C(C)(C)CCC4(C)C)c(-c2ccc([Si](C)(C)C)cc2)c1. The lowest BCUT2D eigenvalue weighted by Gasteiger charge is -2.48. The number of rotatable bonds is 4. The third-order valence-corrected chi connectivity index (χ3v) is 24.0. The van der Waals surface area contributed by atoms with Crippen LogP contribution in [0.15, 0.2) is 97.1 Å². The second kappa shape index (κ2) is 16.9. The molecule has 3 aliphatic carbocycles. The first-order chi connectivity index (χ1) is 36.0. The van der Waals surface area contributed by atoms with Crippen molar-refractivity contribution in [1.29, 1.82) is 0 Å². The molecule has 0 amide bonds. The highest BCUT2D eigenvalue weighted by atomic mass is 32.1. The Balaban J connectivity index is 1.26. The van der Waals surface area contributed by atoms with Gasteiger partial charge in [-0.3, -0.25) is 0 Å². The molecule has 0 saturated heterocycles. The van der Waals surface area contributed by atoms with Crippen LogP contribution < -0.4 is 31.4 Å². The average Bonchev–Trinajstić information content (AvgIpc) is 3.84. The molecule has 406 valence electrons. The number of fused-ring (bicyclic) bond motifs is 9. The van der Waals surface area contributed by atoms with Gasteiger partial charge in [0.25, 0.3) is 6.71 Å². The summed E-state index contributed by atoms with van der Waals surface area (Å²) in [5, 5.41) is 4.33. The van der Waals surface area contributed by atoms with E-state index in [2.05, 4.69) is 262 Å². The van der Waals surface area contributed by atoms with Gasteiger partial charge >= 0.3 is 0 Å². The standard InChI is InChI=1S/C73H91BN2SSi/c1-66(2,3)45-24-29-58(49(36-45)44-22-26-48(27-23-44)78(19,20)21)76-59-42-55-54(71(13,14)33-34-72(55,15)16)41-57(59)74-63-50-40-53-56(73(17,18)35-32-70(53,11)12)43-62(50)77-65(63)75(60-37-46(67(4,5)6)38-61(76)64(60)74)47-25-28-51-52(39-47)69(9,10)31-30-68(51,7)8/h22-29,36-43H,30-35H2,1-21H3. The molecule has 7 aromatic rings. The van der Waals surface area contributed by atoms with Crippen molar-refractivity contribution < 1.29 is 0 Å². The fourth-order valence-electron chi connectivity index (χ4n) is 14.9. The van der Waals surface area contributed by atoms with Crippen LogP contribution in [0.3, 0.4) is 0 Å². The smallest absolute Gasteiger partial charge is 0.254 e. The van der Waals surface area contributed by atoms with E-state index in [1.165, 1.54) is 148 Å². The molecule has 6 aromatic carbocycles. The zero-order valence-electron chi connectivity index (χ0n) is 51.9. The van der Waals surface area contributed by atoms with Crippen molar-refractivity contribution in [3.8, 4) is 11.1 Å². The van der Waals surface area contributed by atoms with Crippen molar-refractivity contribution in [2.75, 3.05) is 9.80 Å². The van der Waals surface area contributed by atoms with Crippen LogP contribution in [-0.4, -0.2) is 14.8 Å². The molecule has 2 aliphatic heterocycles. The fourth-order valence-corrected chi connectivity index (χ4v) is 17.3. The van der Waals surface area contributed by atoms with Crippen molar-refractivity contribution >= 4 is 91.2 Å². The van der Waals surface area contributed by atoms with E-state index in [1.807, 2.05) is 0 Å². The van der Waals surface area contributed by atoms with Crippen molar-refractivity contribution in [3.63, 3.8) is 0 Å². The van der Waals surface area contributed by atoms with E-state index in [4.69, 9.17) is 0 Å². The highest BCUT2D eigenvalue weighted by molar-refractivity contribution is 7.26. The summed E-state index contributed by atoms with van der Waals surface area (Å²) < 4.78 is 1.42. The van der Waals surface area contributed by atoms with Crippen LogP contribution >= 0.6 is 11.3 Å². The number of anilines is 6. The number of hydrogen-bond donors (Lipinski definition) is 0. The van der Waals surface area contributed by atoms with E-state index in [0.717, 1.165) is 0 Å². The third kappa shape index (κ3) is 8.24. The first kappa shape index (κ1) is 53.8. The lowest BCUT2D eigenvalue weighted by atomic mass is 9.33. The zero-order valence-corrected chi connectivity index (χ0v) is 53.7. The van der Waals surface area contributed by atoms with E-state index in [9.17, 15) is 0 Å². The van der Waals surface area contributed by atoms with Crippen LogP contribution in [0.4, 0.5) is 33.4 Å². The number of benzene rings is 6. The predicted molar refractivity (Wildman–Crippen MR) is 348 cm³/mol. The monoisotopic (exact) mass is 1070 g/mol. The van der Waals surface area contributed by atoms with Gasteiger partial charge in [0, 0.05) is 33.0 Å². The quantitative estimate of drug-likeness (QED) is 0.162. The molecule has 0 fully saturated rings. The summed E-state index contributed by atoms with van der Waals surface area (Å²) in [5.41, 5.74) is 25.6. The Kier molecular flexibility index (Phi) is 11.6. The molecule has 0 unspecified atom stereocenters. The Bertz CT molecular complexity index is 3650. The summed E-state index contributed by atoms with van der Waals surface area (Å²) in [6.45, 7) is 51.9. The van der Waals surface area contributed by atoms with Crippen LogP contribution in [0.2, 0.25) is 19.6 Å². The predicted octanol–water partition coefficient (Wildman–Crippen LogP) is 18.8. The van der Waals surface area contributed by atoms with Crippen LogP contribution in [0, 0.1) is 0 Å². The van der Waals surface area contributed by atoms with Gasteiger partial charge in [0.15, 0.2) is 0 Å². The molecule has 2 nitrogen and oxygen atoms in total. The summed E-state index contributed by atoms with van der Waals surface area (Å²) in [5.74, 6) is 0. The second-order valence-corrected chi connectivity index (χ2v) is 38.4. The second-order valence-electron chi connectivity index (χ2n) is 32.3. The molecule has 0 N–H and O–H groups in total. The molecule has 78 heavy (non-hydrogen) atoms. The molecule has 12 rings (SSSR count). The van der Waals surface area contributed by atoms with Crippen molar-refractivity contribution in [2.45, 2.75) is 226 Å². The van der Waals surface area contributed by atoms with E-state index >= 15 is 0 Å². The normalized spacial score (nSPS) is 20.1. The maximum absolute atomic E-state index is 2.79. The van der Waals surface area contributed by atoms with Gasteiger partial charge in [0.05, 0.1) is 18.8 Å². The van der Waals surface area contributed by atoms with Gasteiger partial charge < -0.3 is 9.80 Å². The minimum Gasteiger partial charge on any atom is -0.311 e. The fraction of sp³-hybridized carbons (Fsp3) is 0.479. The Morgan fingerprint density at radius 2 is 0.923 bits per heavy atom. The summed E-state index contributed by atoms with van der Waals surface area (Å²) in [6, 6.07) is 41.1. The molecule has 0 saturated carbocycles. The molecule has 5 heteroatoms. The van der Waals surface area contributed by atoms with Gasteiger partial charge in [-0.1, -0.05) is 192 Å². The molecular formula is C73H91BN2SSi. The van der Waals surface area contributed by atoms with Gasteiger partial charge in [0.2, 0.25) is 0 Å². The summed E-state index contributed by atoms with van der Waals surface area (Å²) >= 11 is 2.06. The van der Waals surface area contributed by atoms with Gasteiger partial charge in [-0.15, -0.1) is 11.3 Å². The molecule has 0 atom stereocenters. The third-order valence-electron chi connectivity index (χ3n) is 20.8. The minimum absolute atomic E-state index is 0.0143. The van der Waals surface area contributed by atoms with Crippen molar-refractivity contribution in [2.24, 2.45) is 0 Å². The van der Waals surface area contributed by atoms with Crippen LogP contribution in [0.25, 0.3) is 21.2 Å². The first-order valence-corrected chi connectivity index (χ1v) is 34.3. The average molecular weight is 1070 g/mol. The van der Waals surface area contributed by atoms with Gasteiger partial charge in [-0.05, 0) is 208 Å². The Morgan fingerprint density at radius 3 is 1.46 bits per heavy atom. The minimum atomic E-state index is -1.55. The molecule has 5 aliphatic rings. The first-order valence-electron chi connectivity index (χ1n) is 30.0. The van der Waals surface area contributed by atoms with Gasteiger partial charge in [-0.2, -0.15) is 0 Å². The highest BCUT2D eigenvalue weighted by Crippen LogP contribution is 2.56. The Morgan fingerprint density at radius 1 is 0.436 bits per heavy atom. The summed E-state index contributed by atoms with van der Waals surface area (Å²) in [6.07, 6.45) is 7.11. The maximum Gasteiger partial charge on any atom is 0.254 e. The van der Waals surface area contributed by atoms with Crippen molar-refractivity contribution in [1.82, 2.24) is 0 Å². The Hall–Kier alpha value is -4.84. The van der Waals surface area contributed by atoms with Crippen LogP contribution in [0.1, 0.15) is 208 Å². The highest BCUT2D eigenvalue weighted by Gasteiger charge is 2.50. The molecule has 0 radical (unpaired) electrons. The molecular weight excluding hydrogens is 976 g/mol. The maximum atomic E-state index is 2.79. The van der Waals surface area contributed by atoms with E-state index < -0.39 is 8.07 Å². The largest absolute Gasteiger partial charge is 0.311 e. The molecule has 1 aromatic heterocycles. The van der Waals surface area contributed by atoms with Crippen molar-refractivity contribution in [3.05, 3.63) is 142 Å². The molecule has 0 spiro atoms. The lowest BCUT2D eigenvalue weighted by molar-refractivity contribution is 0.332. The number of hydrogen-bond acceptors (Lipinski definition) is 3. The molecule has 3 heterocycles. The molecule has 0 bridgehead atoms. The van der Waals surface area contributed by atoms with Crippen LogP contribution in [0.5, 0.6) is 0 Å². The topological polar surface area (TPSA) is 6.48 Å². The number of nitrogens with zero attached hydrogens (tertiary/aromatic N) is 2. The zero-order chi connectivity index (χ0) is 56.2. The lowest BCUT2D eigenvalue weighted by Crippen LogP contribution is -2.61. The number of thiophene rings is 1. The van der Waals surface area contributed by atoms with Crippen LogP contribution in [-0.2, 0) is 43.3 Å². The Labute approximate surface area is 477 Å².